The maximum atomic E-state index is 10.9. The number of aliphatic carboxylic acids is 1. The van der Waals surface area contributed by atoms with Crippen LogP contribution in [-0.2, 0) is 16.0 Å². The minimum atomic E-state index is -0.992. The lowest BCUT2D eigenvalue weighted by Gasteiger charge is -2.20. The Morgan fingerprint density at radius 1 is 1.47 bits per heavy atom. The summed E-state index contributed by atoms with van der Waals surface area (Å²) in [6.07, 6.45) is 0.854. The lowest BCUT2D eigenvalue weighted by Crippen LogP contribution is -2.39. The zero-order valence-electron chi connectivity index (χ0n) is 8.46. The summed E-state index contributed by atoms with van der Waals surface area (Å²) in [5.41, 5.74) is 0.901. The Morgan fingerprint density at radius 3 is 2.53 bits per heavy atom. The van der Waals surface area contributed by atoms with Crippen molar-refractivity contribution in [2.24, 2.45) is 0 Å². The molecule has 0 aromatic heterocycles. The summed E-state index contributed by atoms with van der Waals surface area (Å²) in [6.45, 7) is 0. The SMILES string of the molecule is CN(C=O)[C@@H](Cc1ccccc1)C(=O)O. The van der Waals surface area contributed by atoms with Crippen LogP contribution < -0.4 is 0 Å². The summed E-state index contributed by atoms with van der Waals surface area (Å²) in [4.78, 5) is 22.6. The minimum absolute atomic E-state index is 0.325. The molecule has 1 rings (SSSR count). The average molecular weight is 207 g/mol. The summed E-state index contributed by atoms with van der Waals surface area (Å²) in [5.74, 6) is -0.992. The molecule has 0 bridgehead atoms. The molecule has 0 radical (unpaired) electrons. The van der Waals surface area contributed by atoms with E-state index in [1.54, 1.807) is 0 Å². The number of likely N-dealkylation sites (N-methyl/N-ethyl adjacent to an activating group) is 1. The zero-order valence-corrected chi connectivity index (χ0v) is 8.46. The van der Waals surface area contributed by atoms with Gasteiger partial charge >= 0.3 is 5.97 Å². The van der Waals surface area contributed by atoms with Gasteiger partial charge in [0.05, 0.1) is 0 Å². The first-order valence-electron chi connectivity index (χ1n) is 4.59. The normalized spacial score (nSPS) is 11.8. The van der Waals surface area contributed by atoms with E-state index in [4.69, 9.17) is 5.11 Å². The van der Waals surface area contributed by atoms with E-state index >= 15 is 0 Å². The fourth-order valence-electron chi connectivity index (χ4n) is 1.32. The first kappa shape index (κ1) is 11.2. The second-order valence-corrected chi connectivity index (χ2v) is 3.31. The lowest BCUT2D eigenvalue weighted by atomic mass is 10.1. The van der Waals surface area contributed by atoms with Crippen LogP contribution in [0.25, 0.3) is 0 Å². The Labute approximate surface area is 88.1 Å². The van der Waals surface area contributed by atoms with E-state index in [-0.39, 0.29) is 0 Å². The van der Waals surface area contributed by atoms with Crippen LogP contribution >= 0.6 is 0 Å². The van der Waals surface area contributed by atoms with Crippen molar-refractivity contribution in [2.45, 2.75) is 12.5 Å². The molecule has 1 amide bonds. The molecule has 15 heavy (non-hydrogen) atoms. The lowest BCUT2D eigenvalue weighted by molar-refractivity contribution is -0.145. The standard InChI is InChI=1S/C11H13NO3/c1-12(8-13)10(11(14)15)7-9-5-3-2-4-6-9/h2-6,8,10H,7H2,1H3,(H,14,15)/t10-/m0/s1. The molecule has 80 valence electrons. The highest BCUT2D eigenvalue weighted by atomic mass is 16.4. The Hall–Kier alpha value is -1.84. The van der Waals surface area contributed by atoms with Crippen LogP contribution in [0.5, 0.6) is 0 Å². The van der Waals surface area contributed by atoms with Gasteiger partial charge in [-0.3, -0.25) is 4.79 Å². The molecule has 0 heterocycles. The van der Waals surface area contributed by atoms with Crippen molar-refractivity contribution in [2.75, 3.05) is 7.05 Å². The molecule has 0 fully saturated rings. The van der Waals surface area contributed by atoms with Gasteiger partial charge in [-0.05, 0) is 5.56 Å². The molecule has 0 aliphatic carbocycles. The molecular formula is C11H13NO3. The highest BCUT2D eigenvalue weighted by Crippen LogP contribution is 2.06. The van der Waals surface area contributed by atoms with E-state index in [1.165, 1.54) is 7.05 Å². The molecule has 0 spiro atoms. The fourth-order valence-corrected chi connectivity index (χ4v) is 1.32. The molecule has 4 heteroatoms. The quantitative estimate of drug-likeness (QED) is 0.725. The number of rotatable bonds is 5. The van der Waals surface area contributed by atoms with Gasteiger partial charge in [-0.1, -0.05) is 30.3 Å². The third-order valence-corrected chi connectivity index (χ3v) is 2.21. The van der Waals surface area contributed by atoms with Crippen molar-refractivity contribution >= 4 is 12.4 Å². The van der Waals surface area contributed by atoms with Gasteiger partial charge in [0.25, 0.3) is 0 Å². The number of hydrogen-bond donors (Lipinski definition) is 1. The Morgan fingerprint density at radius 2 is 2.07 bits per heavy atom. The number of benzene rings is 1. The molecule has 1 aromatic rings. The zero-order chi connectivity index (χ0) is 11.3. The van der Waals surface area contributed by atoms with Crippen molar-refractivity contribution in [3.8, 4) is 0 Å². The molecule has 0 aliphatic rings. The topological polar surface area (TPSA) is 57.6 Å². The number of carbonyl (C=O) groups is 2. The summed E-state index contributed by atoms with van der Waals surface area (Å²) in [6, 6.07) is 8.43. The molecule has 0 aliphatic heterocycles. The van der Waals surface area contributed by atoms with Crippen molar-refractivity contribution in [3.05, 3.63) is 35.9 Å². The number of carboxylic acids is 1. The second-order valence-electron chi connectivity index (χ2n) is 3.31. The van der Waals surface area contributed by atoms with Gasteiger partial charge in [0.1, 0.15) is 6.04 Å². The van der Waals surface area contributed by atoms with Crippen molar-refractivity contribution in [1.82, 2.24) is 4.90 Å². The first-order chi connectivity index (χ1) is 7.15. The molecule has 4 nitrogen and oxygen atoms in total. The van der Waals surface area contributed by atoms with E-state index in [2.05, 4.69) is 0 Å². The maximum absolute atomic E-state index is 10.9. The second kappa shape index (κ2) is 5.14. The van der Waals surface area contributed by atoms with Crippen LogP contribution in [0.4, 0.5) is 0 Å². The third-order valence-electron chi connectivity index (χ3n) is 2.21. The van der Waals surface area contributed by atoms with Crippen LogP contribution in [-0.4, -0.2) is 35.5 Å². The van der Waals surface area contributed by atoms with Crippen LogP contribution in [0.15, 0.2) is 30.3 Å². The smallest absolute Gasteiger partial charge is 0.326 e. The highest BCUT2D eigenvalue weighted by Gasteiger charge is 2.21. The number of carboxylic acid groups (broad SMARTS) is 1. The van der Waals surface area contributed by atoms with Gasteiger partial charge in [-0.25, -0.2) is 4.79 Å². The summed E-state index contributed by atoms with van der Waals surface area (Å²) >= 11 is 0. The van der Waals surface area contributed by atoms with Crippen molar-refractivity contribution < 1.29 is 14.7 Å². The first-order valence-corrected chi connectivity index (χ1v) is 4.59. The number of nitrogens with zero attached hydrogens (tertiary/aromatic N) is 1. The fraction of sp³-hybridized carbons (Fsp3) is 0.273. The van der Waals surface area contributed by atoms with Crippen LogP contribution in [0, 0.1) is 0 Å². The third kappa shape index (κ3) is 3.09. The number of hydrogen-bond acceptors (Lipinski definition) is 2. The highest BCUT2D eigenvalue weighted by molar-refractivity contribution is 5.76. The van der Waals surface area contributed by atoms with Gasteiger partial charge in [-0.2, -0.15) is 0 Å². The molecule has 1 aromatic carbocycles. The summed E-state index contributed by atoms with van der Waals surface area (Å²) in [7, 11) is 1.47. The predicted octanol–water partition coefficient (Wildman–Crippen LogP) is 0.770. The monoisotopic (exact) mass is 207 g/mol. The number of amides is 1. The number of carbonyl (C=O) groups excluding carboxylic acids is 1. The van der Waals surface area contributed by atoms with Gasteiger partial charge < -0.3 is 10.0 Å². The predicted molar refractivity (Wildman–Crippen MR) is 55.4 cm³/mol. The maximum Gasteiger partial charge on any atom is 0.326 e. The van der Waals surface area contributed by atoms with Crippen molar-refractivity contribution in [1.29, 1.82) is 0 Å². The largest absolute Gasteiger partial charge is 0.480 e. The molecule has 0 saturated heterocycles. The van der Waals surface area contributed by atoms with E-state index in [0.29, 0.717) is 12.8 Å². The van der Waals surface area contributed by atoms with Crippen LogP contribution in [0.3, 0.4) is 0 Å². The van der Waals surface area contributed by atoms with Crippen LogP contribution in [0.2, 0.25) is 0 Å². The Kier molecular flexibility index (Phi) is 3.85. The minimum Gasteiger partial charge on any atom is -0.480 e. The van der Waals surface area contributed by atoms with E-state index < -0.39 is 12.0 Å². The van der Waals surface area contributed by atoms with E-state index in [9.17, 15) is 9.59 Å². The molecule has 1 N–H and O–H groups in total. The Bertz CT molecular complexity index is 337. The van der Waals surface area contributed by atoms with E-state index in [1.807, 2.05) is 30.3 Å². The van der Waals surface area contributed by atoms with Gasteiger partial charge in [0.2, 0.25) is 6.41 Å². The average Bonchev–Trinajstić information content (AvgIpc) is 2.26. The van der Waals surface area contributed by atoms with Gasteiger partial charge in [0.15, 0.2) is 0 Å². The van der Waals surface area contributed by atoms with Crippen LogP contribution in [0.1, 0.15) is 5.56 Å². The van der Waals surface area contributed by atoms with Crippen molar-refractivity contribution in [3.63, 3.8) is 0 Å². The molecule has 0 saturated carbocycles. The Balaban J connectivity index is 2.76. The molecular weight excluding hydrogens is 194 g/mol. The molecule has 0 unspecified atom stereocenters. The van der Waals surface area contributed by atoms with Gasteiger partial charge in [0, 0.05) is 13.5 Å². The molecule has 1 atom stereocenters. The summed E-state index contributed by atoms with van der Waals surface area (Å²) < 4.78 is 0. The summed E-state index contributed by atoms with van der Waals surface area (Å²) in [5, 5.41) is 8.94. The van der Waals surface area contributed by atoms with Gasteiger partial charge in [-0.15, -0.1) is 0 Å². The van der Waals surface area contributed by atoms with E-state index in [0.717, 1.165) is 10.5 Å².